The number of nitriles is 1. The molecule has 0 aliphatic carbocycles. The van der Waals surface area contributed by atoms with Crippen LogP contribution in [0, 0.1) is 11.3 Å². The molecule has 2 aromatic heterocycles. The van der Waals surface area contributed by atoms with E-state index in [0.717, 1.165) is 11.4 Å². The van der Waals surface area contributed by atoms with Crippen molar-refractivity contribution in [1.29, 1.82) is 5.26 Å². The second-order valence-electron chi connectivity index (χ2n) is 5.82. The SMILES string of the molecule is Cn1c(SCC(=O)N(CCC#N)Cc2ccco2)nnc1-c1ccccc1. The molecule has 0 saturated heterocycles. The van der Waals surface area contributed by atoms with Crippen LogP contribution in [0.25, 0.3) is 11.4 Å². The van der Waals surface area contributed by atoms with Gasteiger partial charge in [0.25, 0.3) is 0 Å². The maximum atomic E-state index is 12.6. The highest BCUT2D eigenvalue weighted by atomic mass is 32.2. The van der Waals surface area contributed by atoms with Crippen molar-refractivity contribution in [3.05, 3.63) is 54.5 Å². The minimum atomic E-state index is -0.0732. The van der Waals surface area contributed by atoms with Gasteiger partial charge in [0, 0.05) is 19.2 Å². The lowest BCUT2D eigenvalue weighted by molar-refractivity contribution is -0.129. The first-order valence-electron chi connectivity index (χ1n) is 8.43. The summed E-state index contributed by atoms with van der Waals surface area (Å²) in [5, 5.41) is 17.9. The third-order valence-corrected chi connectivity index (χ3v) is 4.97. The Morgan fingerprint density at radius 3 is 2.78 bits per heavy atom. The average molecular weight is 381 g/mol. The molecule has 0 aliphatic rings. The van der Waals surface area contributed by atoms with Crippen LogP contribution in [0.5, 0.6) is 0 Å². The number of amides is 1. The van der Waals surface area contributed by atoms with Crippen molar-refractivity contribution in [2.75, 3.05) is 12.3 Å². The molecule has 138 valence electrons. The second kappa shape index (κ2) is 9.05. The van der Waals surface area contributed by atoms with Crippen molar-refractivity contribution in [3.8, 4) is 17.5 Å². The molecule has 0 unspecified atom stereocenters. The summed E-state index contributed by atoms with van der Waals surface area (Å²) in [6.45, 7) is 0.715. The van der Waals surface area contributed by atoms with Gasteiger partial charge in [-0.2, -0.15) is 5.26 Å². The number of hydrogen-bond acceptors (Lipinski definition) is 6. The quantitative estimate of drug-likeness (QED) is 0.557. The fourth-order valence-electron chi connectivity index (χ4n) is 2.56. The molecule has 3 aromatic rings. The standard InChI is InChI=1S/C19H19N5O2S/c1-23-18(15-7-3-2-4-8-15)21-22-19(23)27-14-17(25)24(11-6-10-20)13-16-9-5-12-26-16/h2-5,7-9,12H,6,11,13-14H2,1H3. The van der Waals surface area contributed by atoms with Crippen molar-refractivity contribution in [2.45, 2.75) is 18.1 Å². The van der Waals surface area contributed by atoms with E-state index in [1.54, 1.807) is 17.2 Å². The first-order chi connectivity index (χ1) is 13.2. The Morgan fingerprint density at radius 1 is 1.26 bits per heavy atom. The molecular formula is C19H19N5O2S. The van der Waals surface area contributed by atoms with Crippen LogP contribution < -0.4 is 0 Å². The van der Waals surface area contributed by atoms with Crippen LogP contribution in [0.3, 0.4) is 0 Å². The second-order valence-corrected chi connectivity index (χ2v) is 6.77. The van der Waals surface area contributed by atoms with E-state index in [2.05, 4.69) is 16.3 Å². The van der Waals surface area contributed by atoms with Crippen LogP contribution in [0.4, 0.5) is 0 Å². The number of carbonyl (C=O) groups is 1. The van der Waals surface area contributed by atoms with Crippen LogP contribution in [0.15, 0.2) is 58.3 Å². The van der Waals surface area contributed by atoms with Gasteiger partial charge >= 0.3 is 0 Å². The van der Waals surface area contributed by atoms with Crippen LogP contribution >= 0.6 is 11.8 Å². The fraction of sp³-hybridized carbons (Fsp3) is 0.263. The van der Waals surface area contributed by atoms with E-state index >= 15 is 0 Å². The number of carbonyl (C=O) groups excluding carboxylic acids is 1. The minimum Gasteiger partial charge on any atom is -0.467 e. The molecule has 1 amide bonds. The topological polar surface area (TPSA) is 88.0 Å². The van der Waals surface area contributed by atoms with E-state index in [1.807, 2.05) is 48.0 Å². The van der Waals surface area contributed by atoms with Crippen molar-refractivity contribution in [3.63, 3.8) is 0 Å². The molecule has 2 heterocycles. The molecule has 27 heavy (non-hydrogen) atoms. The van der Waals surface area contributed by atoms with Crippen LogP contribution in [0.2, 0.25) is 0 Å². The summed E-state index contributed by atoms with van der Waals surface area (Å²) in [4.78, 5) is 14.3. The predicted octanol–water partition coefficient (Wildman–Crippen LogP) is 3.11. The lowest BCUT2D eigenvalue weighted by Crippen LogP contribution is -2.32. The molecular weight excluding hydrogens is 362 g/mol. The molecule has 0 radical (unpaired) electrons. The van der Waals surface area contributed by atoms with Crippen LogP contribution in [-0.4, -0.2) is 37.9 Å². The third kappa shape index (κ3) is 4.77. The smallest absolute Gasteiger partial charge is 0.233 e. The van der Waals surface area contributed by atoms with Gasteiger partial charge in [-0.15, -0.1) is 10.2 Å². The number of nitrogens with zero attached hydrogens (tertiary/aromatic N) is 5. The molecule has 3 rings (SSSR count). The Bertz CT molecular complexity index is 915. The van der Waals surface area contributed by atoms with Gasteiger partial charge < -0.3 is 13.9 Å². The van der Waals surface area contributed by atoms with Gasteiger partial charge in [0.15, 0.2) is 11.0 Å². The fourth-order valence-corrected chi connectivity index (χ4v) is 3.38. The summed E-state index contributed by atoms with van der Waals surface area (Å²) < 4.78 is 7.19. The zero-order chi connectivity index (χ0) is 19.1. The highest BCUT2D eigenvalue weighted by Gasteiger charge is 2.18. The summed E-state index contributed by atoms with van der Waals surface area (Å²) >= 11 is 1.33. The van der Waals surface area contributed by atoms with Gasteiger partial charge in [-0.3, -0.25) is 4.79 Å². The average Bonchev–Trinajstić information content (AvgIpc) is 3.33. The number of hydrogen-bond donors (Lipinski definition) is 0. The Hall–Kier alpha value is -3.05. The lowest BCUT2D eigenvalue weighted by Gasteiger charge is -2.20. The zero-order valence-electron chi connectivity index (χ0n) is 14.9. The number of furan rings is 1. The highest BCUT2D eigenvalue weighted by molar-refractivity contribution is 7.99. The highest BCUT2D eigenvalue weighted by Crippen LogP contribution is 2.22. The van der Waals surface area contributed by atoms with Crippen molar-refractivity contribution in [1.82, 2.24) is 19.7 Å². The van der Waals surface area contributed by atoms with Crippen LogP contribution in [0.1, 0.15) is 12.2 Å². The number of rotatable bonds is 8. The molecule has 0 aliphatic heterocycles. The van der Waals surface area contributed by atoms with Gasteiger partial charge in [-0.05, 0) is 12.1 Å². The van der Waals surface area contributed by atoms with Crippen molar-refractivity contribution < 1.29 is 9.21 Å². The van der Waals surface area contributed by atoms with Gasteiger partial charge in [0.2, 0.25) is 5.91 Å². The molecule has 0 fully saturated rings. The number of thioether (sulfide) groups is 1. The van der Waals surface area contributed by atoms with E-state index < -0.39 is 0 Å². The third-order valence-electron chi connectivity index (χ3n) is 3.96. The van der Waals surface area contributed by atoms with E-state index in [0.29, 0.717) is 24.0 Å². The molecule has 0 saturated carbocycles. The van der Waals surface area contributed by atoms with Crippen molar-refractivity contribution in [2.24, 2.45) is 7.05 Å². The Labute approximate surface area is 161 Å². The number of benzene rings is 1. The molecule has 0 atom stereocenters. The molecule has 0 N–H and O–H groups in total. The monoisotopic (exact) mass is 381 g/mol. The predicted molar refractivity (Wildman–Crippen MR) is 102 cm³/mol. The van der Waals surface area contributed by atoms with Gasteiger partial charge in [0.1, 0.15) is 5.76 Å². The zero-order valence-corrected chi connectivity index (χ0v) is 15.7. The normalized spacial score (nSPS) is 10.5. The summed E-state index contributed by atoms with van der Waals surface area (Å²) in [5.74, 6) is 1.59. The van der Waals surface area contributed by atoms with E-state index in [9.17, 15) is 4.79 Å². The Kier molecular flexibility index (Phi) is 6.28. The van der Waals surface area contributed by atoms with Gasteiger partial charge in [-0.1, -0.05) is 42.1 Å². The Balaban J connectivity index is 1.65. The molecule has 7 nitrogen and oxygen atoms in total. The molecule has 8 heteroatoms. The molecule has 0 spiro atoms. The molecule has 0 bridgehead atoms. The largest absolute Gasteiger partial charge is 0.467 e. The summed E-state index contributed by atoms with van der Waals surface area (Å²) in [6, 6.07) is 15.5. The van der Waals surface area contributed by atoms with Crippen LogP contribution in [-0.2, 0) is 18.4 Å². The maximum absolute atomic E-state index is 12.6. The maximum Gasteiger partial charge on any atom is 0.233 e. The first kappa shape index (κ1) is 18.7. The van der Waals surface area contributed by atoms with Crippen molar-refractivity contribution >= 4 is 17.7 Å². The first-order valence-corrected chi connectivity index (χ1v) is 9.42. The van der Waals surface area contributed by atoms with E-state index in [4.69, 9.17) is 9.68 Å². The van der Waals surface area contributed by atoms with Gasteiger partial charge in [0.05, 0.1) is 31.1 Å². The van der Waals surface area contributed by atoms with E-state index in [1.165, 1.54) is 11.8 Å². The summed E-state index contributed by atoms with van der Waals surface area (Å²) in [7, 11) is 1.88. The van der Waals surface area contributed by atoms with Gasteiger partial charge in [-0.25, -0.2) is 0 Å². The number of aromatic nitrogens is 3. The van der Waals surface area contributed by atoms with E-state index in [-0.39, 0.29) is 18.1 Å². The minimum absolute atomic E-state index is 0.0732. The lowest BCUT2D eigenvalue weighted by atomic mass is 10.2. The summed E-state index contributed by atoms with van der Waals surface area (Å²) in [5.41, 5.74) is 0.971. The molecule has 1 aromatic carbocycles. The summed E-state index contributed by atoms with van der Waals surface area (Å²) in [6.07, 6.45) is 1.85. The Morgan fingerprint density at radius 2 is 2.07 bits per heavy atom.